The first kappa shape index (κ1) is 20.6. The molecular weight excluding hydrogens is 416 g/mol. The van der Waals surface area contributed by atoms with E-state index in [4.69, 9.17) is 12.2 Å². The average Bonchev–Trinajstić information content (AvgIpc) is 3.46. The van der Waals surface area contributed by atoms with Gasteiger partial charge in [0.1, 0.15) is 5.82 Å². The summed E-state index contributed by atoms with van der Waals surface area (Å²) in [6.07, 6.45) is 4.22. The maximum atomic E-state index is 12.9. The van der Waals surface area contributed by atoms with Gasteiger partial charge in [-0.05, 0) is 37.2 Å². The summed E-state index contributed by atoms with van der Waals surface area (Å²) in [7, 11) is 0. The minimum Gasteiger partial charge on any atom is -0.301 e. The van der Waals surface area contributed by atoms with E-state index in [2.05, 4.69) is 44.1 Å². The van der Waals surface area contributed by atoms with Crippen LogP contribution >= 0.6 is 23.6 Å². The Balaban J connectivity index is 1.39. The number of carbonyl (C=O) groups is 1. The topological polar surface area (TPSA) is 78.8 Å². The molecule has 3 aromatic rings. The van der Waals surface area contributed by atoms with Gasteiger partial charge in [0.2, 0.25) is 5.91 Å². The molecule has 0 aliphatic carbocycles. The number of aromatic nitrogens is 4. The average molecular weight is 441 g/mol. The molecule has 0 unspecified atom stereocenters. The summed E-state index contributed by atoms with van der Waals surface area (Å²) in [5, 5.41) is 12.7. The van der Waals surface area contributed by atoms with Crippen molar-refractivity contribution in [3.05, 3.63) is 70.2 Å². The number of thiazole rings is 1. The fourth-order valence-electron chi connectivity index (χ4n) is 3.73. The third-order valence-corrected chi connectivity index (χ3v) is 6.28. The van der Waals surface area contributed by atoms with Crippen LogP contribution in [0.1, 0.15) is 29.9 Å². The summed E-state index contributed by atoms with van der Waals surface area (Å²) in [6, 6.07) is 10.1. The highest BCUT2D eigenvalue weighted by molar-refractivity contribution is 7.71. The zero-order chi connectivity index (χ0) is 20.9. The third-order valence-electron chi connectivity index (χ3n) is 5.16. The van der Waals surface area contributed by atoms with Crippen molar-refractivity contribution in [1.82, 2.24) is 24.6 Å². The monoisotopic (exact) mass is 440 g/mol. The van der Waals surface area contributed by atoms with Crippen molar-refractivity contribution in [2.24, 2.45) is 0 Å². The van der Waals surface area contributed by atoms with Crippen LogP contribution in [-0.4, -0.2) is 43.1 Å². The van der Waals surface area contributed by atoms with E-state index in [0.29, 0.717) is 22.9 Å². The Morgan fingerprint density at radius 2 is 2.23 bits per heavy atom. The third kappa shape index (κ3) is 4.75. The lowest BCUT2D eigenvalue weighted by Crippen LogP contribution is -2.39. The van der Waals surface area contributed by atoms with Crippen molar-refractivity contribution in [2.75, 3.05) is 11.9 Å². The van der Waals surface area contributed by atoms with Gasteiger partial charge in [0.15, 0.2) is 9.90 Å². The number of benzene rings is 1. The Morgan fingerprint density at radius 3 is 3.03 bits per heavy atom. The maximum Gasteiger partial charge on any atom is 0.243 e. The Kier molecular flexibility index (Phi) is 6.51. The standard InChI is InChI=1S/C21H24N6OS2/c1-2-10-27-18(24-25-21(27)29)12-16-14-30-20(22-16)23-19(28)17-9-6-11-26(17)13-15-7-4-3-5-8-15/h2-5,7-8,14,17H,1,6,9-13H2,(H,25,29)(H,22,23,28)/t17-/m0/s1. The highest BCUT2D eigenvalue weighted by atomic mass is 32.1. The molecular formula is C21H24N6OS2. The van der Waals surface area contributed by atoms with Crippen LogP contribution in [-0.2, 0) is 24.3 Å². The molecule has 2 aromatic heterocycles. The SMILES string of the molecule is C=CCn1c(Cc2csc(NC(=O)[C@@H]3CCCN3Cc3ccccc3)n2)n[nH]c1=S. The Labute approximate surface area is 184 Å². The summed E-state index contributed by atoms with van der Waals surface area (Å²) < 4.78 is 2.45. The van der Waals surface area contributed by atoms with Gasteiger partial charge in [-0.15, -0.1) is 17.9 Å². The van der Waals surface area contributed by atoms with Gasteiger partial charge in [0.25, 0.3) is 0 Å². The summed E-state index contributed by atoms with van der Waals surface area (Å²) in [5.74, 6) is 0.812. The minimum atomic E-state index is -0.124. The normalized spacial score (nSPS) is 16.6. The molecule has 0 spiro atoms. The van der Waals surface area contributed by atoms with Gasteiger partial charge in [0, 0.05) is 18.5 Å². The lowest BCUT2D eigenvalue weighted by molar-refractivity contribution is -0.120. The Morgan fingerprint density at radius 1 is 1.40 bits per heavy atom. The van der Waals surface area contributed by atoms with E-state index >= 15 is 0 Å². The smallest absolute Gasteiger partial charge is 0.243 e. The predicted octanol–water partition coefficient (Wildman–Crippen LogP) is 3.78. The number of nitrogens with zero attached hydrogens (tertiary/aromatic N) is 4. The van der Waals surface area contributed by atoms with E-state index in [1.165, 1.54) is 16.9 Å². The lowest BCUT2D eigenvalue weighted by atomic mass is 10.1. The van der Waals surface area contributed by atoms with Crippen molar-refractivity contribution in [3.8, 4) is 0 Å². The van der Waals surface area contributed by atoms with Crippen molar-refractivity contribution < 1.29 is 4.79 Å². The summed E-state index contributed by atoms with van der Waals surface area (Å²) in [4.78, 5) is 19.7. The number of allylic oxidation sites excluding steroid dienone is 1. The van der Waals surface area contributed by atoms with Gasteiger partial charge in [0.05, 0.1) is 18.2 Å². The van der Waals surface area contributed by atoms with E-state index in [1.54, 1.807) is 6.08 Å². The second-order valence-corrected chi connectivity index (χ2v) is 8.51. The number of aromatic amines is 1. The van der Waals surface area contributed by atoms with Crippen LogP contribution in [0.3, 0.4) is 0 Å². The van der Waals surface area contributed by atoms with Crippen LogP contribution in [0.25, 0.3) is 0 Å². The number of hydrogen-bond donors (Lipinski definition) is 2. The van der Waals surface area contributed by atoms with Gasteiger partial charge in [-0.1, -0.05) is 36.4 Å². The van der Waals surface area contributed by atoms with E-state index in [1.807, 2.05) is 28.1 Å². The summed E-state index contributed by atoms with van der Waals surface area (Å²) >= 11 is 6.69. The number of amides is 1. The molecule has 1 fully saturated rings. The van der Waals surface area contributed by atoms with Gasteiger partial charge < -0.3 is 5.32 Å². The molecule has 1 aliphatic rings. The highest BCUT2D eigenvalue weighted by Gasteiger charge is 2.31. The number of rotatable bonds is 8. The van der Waals surface area contributed by atoms with Crippen LogP contribution < -0.4 is 5.32 Å². The highest BCUT2D eigenvalue weighted by Crippen LogP contribution is 2.23. The van der Waals surface area contributed by atoms with Crippen LogP contribution in [0, 0.1) is 4.77 Å². The van der Waals surface area contributed by atoms with Crippen LogP contribution in [0.5, 0.6) is 0 Å². The lowest BCUT2D eigenvalue weighted by Gasteiger charge is -2.23. The van der Waals surface area contributed by atoms with Gasteiger partial charge in [-0.2, -0.15) is 5.10 Å². The van der Waals surface area contributed by atoms with E-state index in [9.17, 15) is 4.79 Å². The summed E-state index contributed by atoms with van der Waals surface area (Å²) in [5.41, 5.74) is 2.07. The van der Waals surface area contributed by atoms with Crippen LogP contribution in [0.4, 0.5) is 5.13 Å². The Bertz CT molecular complexity index is 1070. The molecule has 0 bridgehead atoms. The van der Waals surface area contributed by atoms with Gasteiger partial charge >= 0.3 is 0 Å². The van der Waals surface area contributed by atoms with E-state index < -0.39 is 0 Å². The Hall–Kier alpha value is -2.62. The number of likely N-dealkylation sites (tertiary alicyclic amines) is 1. The largest absolute Gasteiger partial charge is 0.301 e. The van der Waals surface area contributed by atoms with Crippen molar-refractivity contribution in [2.45, 2.75) is 38.4 Å². The fourth-order valence-corrected chi connectivity index (χ4v) is 4.67. The van der Waals surface area contributed by atoms with Gasteiger partial charge in [-0.25, -0.2) is 4.98 Å². The molecule has 9 heteroatoms. The van der Waals surface area contributed by atoms with Crippen molar-refractivity contribution in [1.29, 1.82) is 0 Å². The molecule has 30 heavy (non-hydrogen) atoms. The predicted molar refractivity (Wildman–Crippen MR) is 121 cm³/mol. The first-order valence-electron chi connectivity index (χ1n) is 9.92. The molecule has 2 N–H and O–H groups in total. The first-order chi connectivity index (χ1) is 14.6. The van der Waals surface area contributed by atoms with Crippen molar-refractivity contribution >= 4 is 34.6 Å². The number of hydrogen-bond acceptors (Lipinski definition) is 6. The second-order valence-electron chi connectivity index (χ2n) is 7.27. The number of H-pyrrole nitrogens is 1. The minimum absolute atomic E-state index is 0.0127. The molecule has 0 radical (unpaired) electrons. The molecule has 7 nitrogen and oxygen atoms in total. The summed E-state index contributed by atoms with van der Waals surface area (Å²) in [6.45, 7) is 6.07. The zero-order valence-electron chi connectivity index (χ0n) is 16.6. The zero-order valence-corrected chi connectivity index (χ0v) is 18.2. The van der Waals surface area contributed by atoms with Crippen molar-refractivity contribution in [3.63, 3.8) is 0 Å². The quantitative estimate of drug-likeness (QED) is 0.412. The van der Waals surface area contributed by atoms with Crippen LogP contribution in [0.15, 0.2) is 48.4 Å². The van der Waals surface area contributed by atoms with E-state index in [-0.39, 0.29) is 11.9 Å². The number of anilines is 1. The molecule has 3 heterocycles. The fraction of sp³-hybridized carbons (Fsp3) is 0.333. The first-order valence-corrected chi connectivity index (χ1v) is 11.2. The van der Waals surface area contributed by atoms with E-state index in [0.717, 1.165) is 37.4 Å². The second kappa shape index (κ2) is 9.46. The molecule has 1 atom stereocenters. The van der Waals surface area contributed by atoms with Crippen LogP contribution in [0.2, 0.25) is 0 Å². The number of carbonyl (C=O) groups excluding carboxylic acids is 1. The molecule has 1 aromatic carbocycles. The maximum absolute atomic E-state index is 12.9. The number of nitrogens with one attached hydrogen (secondary N) is 2. The molecule has 1 saturated heterocycles. The molecule has 1 aliphatic heterocycles. The molecule has 0 saturated carbocycles. The molecule has 4 rings (SSSR count). The van der Waals surface area contributed by atoms with Gasteiger partial charge in [-0.3, -0.25) is 19.4 Å². The molecule has 1 amide bonds. The molecule has 156 valence electrons.